The normalized spacial score (nSPS) is 22.0. The summed E-state index contributed by atoms with van der Waals surface area (Å²) in [5.74, 6) is 0.752. The maximum atomic E-state index is 9.68. The molecule has 0 atom stereocenters. The SMILES string of the molecule is OCC(CO)(CO)Nc1nc(N2CCNCC2)nc(N2CCC3(CC2)OCCO3)n1. The standard InChI is InChI=1S/C18H31N7O5/c26-11-17(12-27,13-28)23-14-20-15(22-16(21-14)25-7-3-19-4-8-25)24-5-1-18(2-6-24)29-9-10-30-18/h19,26-28H,1-13H2,(H,20,21,22,23). The van der Waals surface area contributed by atoms with E-state index in [0.717, 1.165) is 39.0 Å². The monoisotopic (exact) mass is 425 g/mol. The molecule has 12 nitrogen and oxygen atoms in total. The summed E-state index contributed by atoms with van der Waals surface area (Å²) in [6, 6.07) is 0. The third kappa shape index (κ3) is 4.43. The number of hydrogen-bond acceptors (Lipinski definition) is 12. The molecule has 30 heavy (non-hydrogen) atoms. The van der Waals surface area contributed by atoms with Crippen molar-refractivity contribution in [2.24, 2.45) is 0 Å². The Balaban J connectivity index is 1.58. The van der Waals surface area contributed by atoms with Crippen LogP contribution in [-0.4, -0.2) is 114 Å². The van der Waals surface area contributed by atoms with Crippen molar-refractivity contribution in [1.82, 2.24) is 20.3 Å². The largest absolute Gasteiger partial charge is 0.394 e. The molecule has 3 saturated heterocycles. The van der Waals surface area contributed by atoms with Crippen molar-refractivity contribution in [3.05, 3.63) is 0 Å². The average molecular weight is 425 g/mol. The van der Waals surface area contributed by atoms with Crippen molar-refractivity contribution in [3.63, 3.8) is 0 Å². The molecule has 0 amide bonds. The number of aromatic nitrogens is 3. The zero-order chi connectivity index (χ0) is 21.0. The van der Waals surface area contributed by atoms with Gasteiger partial charge in [-0.05, 0) is 0 Å². The van der Waals surface area contributed by atoms with Crippen molar-refractivity contribution < 1.29 is 24.8 Å². The molecule has 4 heterocycles. The number of nitrogens with zero attached hydrogens (tertiary/aromatic N) is 5. The first kappa shape index (κ1) is 21.4. The molecule has 1 aromatic heterocycles. The van der Waals surface area contributed by atoms with Crippen molar-refractivity contribution >= 4 is 17.8 Å². The van der Waals surface area contributed by atoms with Crippen LogP contribution in [0.1, 0.15) is 12.8 Å². The van der Waals surface area contributed by atoms with Gasteiger partial charge in [0.25, 0.3) is 0 Å². The van der Waals surface area contributed by atoms with Gasteiger partial charge in [0.15, 0.2) is 5.79 Å². The number of piperidine rings is 1. The van der Waals surface area contributed by atoms with Gasteiger partial charge in [-0.15, -0.1) is 0 Å². The molecular formula is C18H31N7O5. The summed E-state index contributed by atoms with van der Waals surface area (Å²) >= 11 is 0. The lowest BCUT2D eigenvalue weighted by atomic mass is 10.0. The van der Waals surface area contributed by atoms with Gasteiger partial charge in [0.2, 0.25) is 17.8 Å². The first-order valence-electron chi connectivity index (χ1n) is 10.5. The summed E-state index contributed by atoms with van der Waals surface area (Å²) in [7, 11) is 0. The van der Waals surface area contributed by atoms with E-state index in [1.54, 1.807) is 0 Å². The van der Waals surface area contributed by atoms with Crippen LogP contribution in [0.4, 0.5) is 17.8 Å². The minimum atomic E-state index is -1.32. The van der Waals surface area contributed by atoms with Crippen LogP contribution in [0, 0.1) is 0 Å². The number of nitrogens with one attached hydrogen (secondary N) is 2. The van der Waals surface area contributed by atoms with E-state index in [1.807, 2.05) is 0 Å². The lowest BCUT2D eigenvalue weighted by molar-refractivity contribution is -0.169. The van der Waals surface area contributed by atoms with E-state index in [9.17, 15) is 15.3 Å². The molecule has 4 rings (SSSR count). The summed E-state index contributed by atoms with van der Waals surface area (Å²) in [4.78, 5) is 17.9. The first-order valence-corrected chi connectivity index (χ1v) is 10.5. The molecule has 0 aromatic carbocycles. The van der Waals surface area contributed by atoms with Crippen LogP contribution in [0.3, 0.4) is 0 Å². The Morgan fingerprint density at radius 1 is 0.867 bits per heavy atom. The Kier molecular flexibility index (Phi) is 6.51. The van der Waals surface area contributed by atoms with E-state index in [-0.39, 0.29) is 5.95 Å². The molecule has 0 bridgehead atoms. The van der Waals surface area contributed by atoms with Crippen LogP contribution in [0.25, 0.3) is 0 Å². The van der Waals surface area contributed by atoms with Crippen LogP contribution in [-0.2, 0) is 9.47 Å². The van der Waals surface area contributed by atoms with Gasteiger partial charge in [-0.2, -0.15) is 15.0 Å². The predicted molar refractivity (Wildman–Crippen MR) is 109 cm³/mol. The maximum absolute atomic E-state index is 9.68. The third-order valence-electron chi connectivity index (χ3n) is 5.92. The molecule has 5 N–H and O–H groups in total. The van der Waals surface area contributed by atoms with E-state index in [0.29, 0.717) is 38.2 Å². The fourth-order valence-electron chi connectivity index (χ4n) is 3.90. The number of ether oxygens (including phenoxy) is 2. The van der Waals surface area contributed by atoms with Gasteiger partial charge >= 0.3 is 0 Å². The van der Waals surface area contributed by atoms with E-state index >= 15 is 0 Å². The van der Waals surface area contributed by atoms with Gasteiger partial charge in [-0.1, -0.05) is 0 Å². The molecule has 3 fully saturated rings. The Morgan fingerprint density at radius 2 is 1.40 bits per heavy atom. The Hall–Kier alpha value is -1.83. The number of aliphatic hydroxyl groups is 3. The molecule has 168 valence electrons. The van der Waals surface area contributed by atoms with E-state index in [1.165, 1.54) is 0 Å². The molecule has 0 aliphatic carbocycles. The second-order valence-corrected chi connectivity index (χ2v) is 7.97. The van der Waals surface area contributed by atoms with Crippen LogP contribution >= 0.6 is 0 Å². The number of anilines is 3. The predicted octanol–water partition coefficient (Wildman–Crippen LogP) is -2.25. The molecule has 0 unspecified atom stereocenters. The van der Waals surface area contributed by atoms with Crippen molar-refractivity contribution in [1.29, 1.82) is 0 Å². The van der Waals surface area contributed by atoms with E-state index in [2.05, 4.69) is 30.4 Å². The van der Waals surface area contributed by atoms with Crippen LogP contribution in [0.2, 0.25) is 0 Å². The molecular weight excluding hydrogens is 394 g/mol. The van der Waals surface area contributed by atoms with Gasteiger partial charge in [0.05, 0.1) is 33.0 Å². The van der Waals surface area contributed by atoms with Crippen molar-refractivity contribution in [2.45, 2.75) is 24.2 Å². The van der Waals surface area contributed by atoms with Gasteiger partial charge in [-0.25, -0.2) is 0 Å². The van der Waals surface area contributed by atoms with Gasteiger partial charge in [0, 0.05) is 52.1 Å². The minimum Gasteiger partial charge on any atom is -0.394 e. The zero-order valence-electron chi connectivity index (χ0n) is 17.1. The van der Waals surface area contributed by atoms with Gasteiger partial charge in [0.1, 0.15) is 5.54 Å². The highest BCUT2D eigenvalue weighted by atomic mass is 16.7. The smallest absolute Gasteiger partial charge is 0.232 e. The summed E-state index contributed by atoms with van der Waals surface area (Å²) < 4.78 is 11.6. The molecule has 3 aliphatic rings. The average Bonchev–Trinajstić information content (AvgIpc) is 3.26. The maximum Gasteiger partial charge on any atom is 0.232 e. The summed E-state index contributed by atoms with van der Waals surface area (Å²) in [6.45, 7) is 4.39. The van der Waals surface area contributed by atoms with Gasteiger partial charge < -0.3 is 45.2 Å². The minimum absolute atomic E-state index is 0.208. The number of hydrogen-bond donors (Lipinski definition) is 5. The van der Waals surface area contributed by atoms with Crippen molar-refractivity contribution in [3.8, 4) is 0 Å². The summed E-state index contributed by atoms with van der Waals surface area (Å²) in [5, 5.41) is 35.3. The topological polar surface area (TPSA) is 148 Å². The Bertz CT molecular complexity index is 690. The number of aliphatic hydroxyl groups excluding tert-OH is 3. The Morgan fingerprint density at radius 3 is 1.93 bits per heavy atom. The molecule has 1 aromatic rings. The number of rotatable bonds is 7. The number of piperazine rings is 1. The highest BCUT2D eigenvalue weighted by Gasteiger charge is 2.40. The fraction of sp³-hybridized carbons (Fsp3) is 0.833. The van der Waals surface area contributed by atoms with Gasteiger partial charge in [-0.3, -0.25) is 0 Å². The highest BCUT2D eigenvalue weighted by Crippen LogP contribution is 2.33. The summed E-state index contributed by atoms with van der Waals surface area (Å²) in [6.07, 6.45) is 1.44. The Labute approximate surface area is 175 Å². The van der Waals surface area contributed by atoms with Crippen molar-refractivity contribution in [2.75, 3.05) is 87.4 Å². The van der Waals surface area contributed by atoms with Crippen LogP contribution < -0.4 is 20.4 Å². The summed E-state index contributed by atoms with van der Waals surface area (Å²) in [5.41, 5.74) is -1.32. The zero-order valence-corrected chi connectivity index (χ0v) is 17.1. The molecule has 1 spiro atoms. The molecule has 0 saturated carbocycles. The lowest BCUT2D eigenvalue weighted by Crippen LogP contribution is -2.50. The van der Waals surface area contributed by atoms with Crippen LogP contribution in [0.5, 0.6) is 0 Å². The third-order valence-corrected chi connectivity index (χ3v) is 5.92. The van der Waals surface area contributed by atoms with E-state index < -0.39 is 31.1 Å². The molecule has 0 radical (unpaired) electrons. The quantitative estimate of drug-likeness (QED) is 0.321. The highest BCUT2D eigenvalue weighted by molar-refractivity contribution is 5.47. The molecule has 12 heteroatoms. The fourth-order valence-corrected chi connectivity index (χ4v) is 3.90. The second-order valence-electron chi connectivity index (χ2n) is 7.97. The second kappa shape index (κ2) is 9.12. The lowest BCUT2D eigenvalue weighted by Gasteiger charge is -2.38. The molecule has 3 aliphatic heterocycles. The van der Waals surface area contributed by atoms with E-state index in [4.69, 9.17) is 14.5 Å². The van der Waals surface area contributed by atoms with Crippen LogP contribution in [0.15, 0.2) is 0 Å². The first-order chi connectivity index (χ1) is 14.6.